The Kier molecular flexibility index (Phi) is 3.32. The maximum atomic E-state index is 6.21. The van der Waals surface area contributed by atoms with Crippen molar-refractivity contribution in [2.24, 2.45) is 0 Å². The first-order valence-electron chi connectivity index (χ1n) is 5.67. The third kappa shape index (κ3) is 2.18. The van der Waals surface area contributed by atoms with Crippen molar-refractivity contribution in [3.63, 3.8) is 0 Å². The standard InChI is InChI=1S/C11H18ClN3/c1-3-15-10(11(12)8(2)14-15)7-13-9-5-4-6-9/h9,13H,3-7H2,1-2H3. The van der Waals surface area contributed by atoms with E-state index in [-0.39, 0.29) is 0 Å². The van der Waals surface area contributed by atoms with Crippen LogP contribution in [0.25, 0.3) is 0 Å². The van der Waals surface area contributed by atoms with Gasteiger partial charge in [-0.3, -0.25) is 4.68 Å². The molecule has 0 radical (unpaired) electrons. The van der Waals surface area contributed by atoms with Crippen LogP contribution in [-0.4, -0.2) is 15.8 Å². The molecule has 1 N–H and O–H groups in total. The van der Waals surface area contributed by atoms with Crippen molar-refractivity contribution in [2.75, 3.05) is 0 Å². The van der Waals surface area contributed by atoms with E-state index in [2.05, 4.69) is 17.3 Å². The normalized spacial score (nSPS) is 16.7. The number of hydrogen-bond acceptors (Lipinski definition) is 2. The van der Waals surface area contributed by atoms with E-state index in [1.165, 1.54) is 19.3 Å². The lowest BCUT2D eigenvalue weighted by Gasteiger charge is -2.26. The maximum absolute atomic E-state index is 6.21. The van der Waals surface area contributed by atoms with E-state index in [1.54, 1.807) is 0 Å². The highest BCUT2D eigenvalue weighted by molar-refractivity contribution is 6.31. The van der Waals surface area contributed by atoms with Crippen LogP contribution in [-0.2, 0) is 13.1 Å². The van der Waals surface area contributed by atoms with E-state index in [9.17, 15) is 0 Å². The molecule has 15 heavy (non-hydrogen) atoms. The summed E-state index contributed by atoms with van der Waals surface area (Å²) in [5.74, 6) is 0. The van der Waals surface area contributed by atoms with E-state index in [0.29, 0.717) is 6.04 Å². The van der Waals surface area contributed by atoms with Gasteiger partial charge in [0.25, 0.3) is 0 Å². The number of nitrogens with zero attached hydrogens (tertiary/aromatic N) is 2. The van der Waals surface area contributed by atoms with Gasteiger partial charge in [-0.25, -0.2) is 0 Å². The average molecular weight is 228 g/mol. The van der Waals surface area contributed by atoms with E-state index < -0.39 is 0 Å². The number of halogens is 1. The summed E-state index contributed by atoms with van der Waals surface area (Å²) in [6, 6.07) is 0.696. The van der Waals surface area contributed by atoms with Gasteiger partial charge in [-0.05, 0) is 26.7 Å². The molecule has 1 aliphatic rings. The Labute approximate surface area is 95.8 Å². The largest absolute Gasteiger partial charge is 0.308 e. The van der Waals surface area contributed by atoms with Crippen molar-refractivity contribution >= 4 is 11.6 Å². The molecular weight excluding hydrogens is 210 g/mol. The summed E-state index contributed by atoms with van der Waals surface area (Å²) in [7, 11) is 0. The molecule has 0 aromatic carbocycles. The fourth-order valence-electron chi connectivity index (χ4n) is 1.89. The van der Waals surface area contributed by atoms with Gasteiger partial charge in [0.05, 0.1) is 16.4 Å². The van der Waals surface area contributed by atoms with Gasteiger partial charge in [-0.2, -0.15) is 5.10 Å². The summed E-state index contributed by atoms with van der Waals surface area (Å²) in [4.78, 5) is 0. The summed E-state index contributed by atoms with van der Waals surface area (Å²) in [5, 5.41) is 8.74. The molecule has 0 atom stereocenters. The highest BCUT2D eigenvalue weighted by Crippen LogP contribution is 2.22. The Morgan fingerprint density at radius 1 is 1.53 bits per heavy atom. The SMILES string of the molecule is CCn1nc(C)c(Cl)c1CNC1CCC1. The zero-order valence-corrected chi connectivity index (χ0v) is 10.1. The molecule has 1 fully saturated rings. The Bertz CT molecular complexity index is 342. The molecule has 0 spiro atoms. The molecule has 2 rings (SSSR count). The third-order valence-electron chi connectivity index (χ3n) is 3.12. The van der Waals surface area contributed by atoms with Gasteiger partial charge in [-0.1, -0.05) is 18.0 Å². The molecule has 3 nitrogen and oxygen atoms in total. The summed E-state index contributed by atoms with van der Waals surface area (Å²) in [5.41, 5.74) is 2.06. The van der Waals surface area contributed by atoms with Gasteiger partial charge in [0.15, 0.2) is 0 Å². The first-order valence-corrected chi connectivity index (χ1v) is 6.05. The molecule has 84 valence electrons. The van der Waals surface area contributed by atoms with Crippen molar-refractivity contribution in [3.05, 3.63) is 16.4 Å². The van der Waals surface area contributed by atoms with Crippen molar-refractivity contribution in [1.82, 2.24) is 15.1 Å². The molecule has 1 aromatic rings. The number of nitrogens with one attached hydrogen (secondary N) is 1. The average Bonchev–Trinajstić information content (AvgIpc) is 2.42. The van der Waals surface area contributed by atoms with Crippen LogP contribution in [0.2, 0.25) is 5.02 Å². The van der Waals surface area contributed by atoms with E-state index in [0.717, 1.165) is 29.5 Å². The van der Waals surface area contributed by atoms with Gasteiger partial charge in [0, 0.05) is 19.1 Å². The van der Waals surface area contributed by atoms with E-state index >= 15 is 0 Å². The fraction of sp³-hybridized carbons (Fsp3) is 0.727. The zero-order chi connectivity index (χ0) is 10.8. The number of hydrogen-bond donors (Lipinski definition) is 1. The van der Waals surface area contributed by atoms with Crippen molar-refractivity contribution < 1.29 is 0 Å². The molecule has 1 aromatic heterocycles. The lowest BCUT2D eigenvalue weighted by Crippen LogP contribution is -2.35. The minimum absolute atomic E-state index is 0.696. The van der Waals surface area contributed by atoms with Crippen LogP contribution >= 0.6 is 11.6 Å². The smallest absolute Gasteiger partial charge is 0.0860 e. The molecule has 0 bridgehead atoms. The van der Waals surface area contributed by atoms with Crippen LogP contribution in [0.15, 0.2) is 0 Å². The second kappa shape index (κ2) is 4.54. The van der Waals surface area contributed by atoms with E-state index in [1.807, 2.05) is 11.6 Å². The molecule has 0 amide bonds. The van der Waals surface area contributed by atoms with E-state index in [4.69, 9.17) is 11.6 Å². The zero-order valence-electron chi connectivity index (χ0n) is 9.39. The minimum Gasteiger partial charge on any atom is -0.308 e. The van der Waals surface area contributed by atoms with Crippen LogP contribution in [0, 0.1) is 6.92 Å². The van der Waals surface area contributed by atoms with Crippen LogP contribution in [0.4, 0.5) is 0 Å². The lowest BCUT2D eigenvalue weighted by molar-refractivity contribution is 0.334. The highest BCUT2D eigenvalue weighted by Gasteiger charge is 2.18. The molecule has 1 aliphatic carbocycles. The van der Waals surface area contributed by atoms with Gasteiger partial charge in [0.1, 0.15) is 0 Å². The van der Waals surface area contributed by atoms with Crippen LogP contribution in [0.3, 0.4) is 0 Å². The van der Waals surface area contributed by atoms with Crippen LogP contribution < -0.4 is 5.32 Å². The summed E-state index contributed by atoms with van der Waals surface area (Å²) in [6.45, 7) is 5.78. The van der Waals surface area contributed by atoms with Crippen molar-refractivity contribution in [2.45, 2.75) is 52.2 Å². The molecule has 0 saturated heterocycles. The molecule has 1 saturated carbocycles. The number of aryl methyl sites for hydroxylation is 2. The molecule has 0 unspecified atom stereocenters. The molecular formula is C11H18ClN3. The number of aromatic nitrogens is 2. The third-order valence-corrected chi connectivity index (χ3v) is 3.61. The second-order valence-corrected chi connectivity index (χ2v) is 4.55. The minimum atomic E-state index is 0.696. The first-order chi connectivity index (χ1) is 7.22. The van der Waals surface area contributed by atoms with Gasteiger partial charge in [-0.15, -0.1) is 0 Å². The topological polar surface area (TPSA) is 29.9 Å². The molecule has 0 aliphatic heterocycles. The summed E-state index contributed by atoms with van der Waals surface area (Å²) in [6.07, 6.45) is 3.96. The van der Waals surface area contributed by atoms with Gasteiger partial charge < -0.3 is 5.32 Å². The predicted octanol–water partition coefficient (Wildman–Crippen LogP) is 2.51. The van der Waals surface area contributed by atoms with Crippen molar-refractivity contribution in [1.29, 1.82) is 0 Å². The summed E-state index contributed by atoms with van der Waals surface area (Å²) >= 11 is 6.21. The quantitative estimate of drug-likeness (QED) is 0.857. The fourth-order valence-corrected chi connectivity index (χ4v) is 2.09. The Morgan fingerprint density at radius 3 is 2.80 bits per heavy atom. The Morgan fingerprint density at radius 2 is 2.27 bits per heavy atom. The van der Waals surface area contributed by atoms with Crippen LogP contribution in [0.1, 0.15) is 37.6 Å². The van der Waals surface area contributed by atoms with Crippen LogP contribution in [0.5, 0.6) is 0 Å². The predicted molar refractivity (Wildman–Crippen MR) is 62.1 cm³/mol. The Balaban J connectivity index is 2.04. The number of rotatable bonds is 4. The van der Waals surface area contributed by atoms with Gasteiger partial charge >= 0.3 is 0 Å². The second-order valence-electron chi connectivity index (χ2n) is 4.17. The van der Waals surface area contributed by atoms with Crippen molar-refractivity contribution in [3.8, 4) is 0 Å². The highest BCUT2D eigenvalue weighted by atomic mass is 35.5. The summed E-state index contributed by atoms with van der Waals surface area (Å²) < 4.78 is 1.99. The van der Waals surface area contributed by atoms with Gasteiger partial charge in [0.2, 0.25) is 0 Å². The monoisotopic (exact) mass is 227 g/mol. The molecule has 4 heteroatoms. The lowest BCUT2D eigenvalue weighted by atomic mass is 9.93. The first kappa shape index (κ1) is 11.0. The maximum Gasteiger partial charge on any atom is 0.0860 e. The molecule has 1 heterocycles. The Hall–Kier alpha value is -0.540.